The second-order valence-corrected chi connectivity index (χ2v) is 21.2. The molecule has 4 rings (SSSR count). The Hall–Kier alpha value is -7.66. The Bertz CT molecular complexity index is 2590. The van der Waals surface area contributed by atoms with Gasteiger partial charge in [0.25, 0.3) is 0 Å². The van der Waals surface area contributed by atoms with Gasteiger partial charge in [-0.05, 0) is 69.9 Å². The van der Waals surface area contributed by atoms with Crippen molar-refractivity contribution in [2.75, 3.05) is 24.7 Å². The summed E-state index contributed by atoms with van der Waals surface area (Å²) < 4.78 is 0. The first-order valence-corrected chi connectivity index (χ1v) is 27.4. The maximum atomic E-state index is 14.3. The van der Waals surface area contributed by atoms with Gasteiger partial charge in [-0.15, -0.1) is 0 Å². The van der Waals surface area contributed by atoms with Crippen molar-refractivity contribution in [2.24, 2.45) is 32.7 Å². The molecule has 496 valence electrons. The fraction of sp³-hybridized carbons (Fsp3) is 0.585. The van der Waals surface area contributed by atoms with E-state index in [4.69, 9.17) is 0 Å². The number of para-hydroxylation sites is 1. The zero-order valence-corrected chi connectivity index (χ0v) is 47.0. The standard InChI is InChI=1S/C53H75N7O29/c61-18-31(67)46(79)43(76)28(64)12-21-15-54-25(40(73)37(21)70)6-9-34(57-49(82)83)53(60(52(88)89)24-4-2-1-3-5-24,35(58-50(84)85)10-7-26-41(74)38(71)22(16-55-26)13-29(65)44(77)47(80)32(68)19-62)36(59-51(86)87)11-8-27-42(75)39(72)23(17-56-27)14-30(66)45(78)48(81)33(69)20-63/h1-5,15-17,21-23,28-36,43-48,57-59,61-69,73-81H,6-14,18-20H2,(H,82,83)(H,84,85)(H,86,87)(H,88,89). The Morgan fingerprint density at radius 3 is 0.933 bits per heavy atom. The molecular weight excluding hydrogens is 1200 g/mol. The van der Waals surface area contributed by atoms with Crippen LogP contribution in [0.3, 0.4) is 0 Å². The number of anilines is 1. The van der Waals surface area contributed by atoms with Crippen LogP contribution >= 0.6 is 0 Å². The molecule has 0 radical (unpaired) electrons. The van der Waals surface area contributed by atoms with Gasteiger partial charge in [0.2, 0.25) is 17.3 Å². The van der Waals surface area contributed by atoms with E-state index in [0.717, 1.165) is 30.8 Å². The highest BCUT2D eigenvalue weighted by atomic mass is 16.4. The average molecular weight is 1270 g/mol. The van der Waals surface area contributed by atoms with Gasteiger partial charge in [0.15, 0.2) is 17.3 Å². The summed E-state index contributed by atoms with van der Waals surface area (Å²) in [4.78, 5) is 108. The van der Waals surface area contributed by atoms with E-state index < -0.39 is 274 Å². The predicted octanol–water partition coefficient (Wildman–Crippen LogP) is -5.25. The number of amides is 4. The van der Waals surface area contributed by atoms with Crippen molar-refractivity contribution in [1.82, 2.24) is 16.0 Å². The number of carbonyl (C=O) groups is 7. The van der Waals surface area contributed by atoms with Gasteiger partial charge >= 0.3 is 24.4 Å². The number of nitrogens with zero attached hydrogens (tertiary/aromatic N) is 4. The van der Waals surface area contributed by atoms with E-state index in [0.29, 0.717) is 4.90 Å². The number of carboxylic acid groups (broad SMARTS) is 4. The quantitative estimate of drug-likeness (QED) is 0.0302. The summed E-state index contributed by atoms with van der Waals surface area (Å²) >= 11 is 0. The van der Waals surface area contributed by atoms with Crippen LogP contribution in [0.2, 0.25) is 0 Å². The van der Waals surface area contributed by atoms with Crippen molar-refractivity contribution in [3.63, 3.8) is 0 Å². The Morgan fingerprint density at radius 2 is 0.697 bits per heavy atom. The van der Waals surface area contributed by atoms with Crippen LogP contribution in [0.25, 0.3) is 0 Å². The smallest absolute Gasteiger partial charge is 0.412 e. The van der Waals surface area contributed by atoms with E-state index in [1.165, 1.54) is 18.2 Å². The molecule has 36 heteroatoms. The fourth-order valence-electron chi connectivity index (χ4n) is 10.6. The normalized spacial score (nSPS) is 22.9. The maximum absolute atomic E-state index is 14.3. The number of hydrogen-bond acceptors (Lipinski definition) is 28. The summed E-state index contributed by atoms with van der Waals surface area (Å²) in [5.41, 5.74) is -5.48. The molecule has 0 fully saturated rings. The Labute approximate surface area is 503 Å². The number of Topliss-reactive ketones (excluding diaryl/α,β-unsaturated/α-hetero) is 3. The Morgan fingerprint density at radius 1 is 0.438 bits per heavy atom. The first-order valence-electron chi connectivity index (χ1n) is 27.4. The van der Waals surface area contributed by atoms with Gasteiger partial charge in [0.1, 0.15) is 60.5 Å². The lowest BCUT2D eigenvalue weighted by molar-refractivity contribution is -0.127. The van der Waals surface area contributed by atoms with Crippen LogP contribution < -0.4 is 20.9 Å². The van der Waals surface area contributed by atoms with Crippen LogP contribution in [0, 0.1) is 17.8 Å². The fourth-order valence-corrected chi connectivity index (χ4v) is 10.6. The summed E-state index contributed by atoms with van der Waals surface area (Å²) in [6.07, 6.45) is -38.5. The van der Waals surface area contributed by atoms with E-state index in [2.05, 4.69) is 30.9 Å². The van der Waals surface area contributed by atoms with Crippen LogP contribution in [0.4, 0.5) is 24.9 Å². The first kappa shape index (κ1) is 73.8. The molecule has 0 spiro atoms. The van der Waals surface area contributed by atoms with Crippen molar-refractivity contribution in [1.29, 1.82) is 0 Å². The minimum absolute atomic E-state index is 0.339. The number of aliphatic imine (C=N–C) groups is 3. The number of benzene rings is 1. The van der Waals surface area contributed by atoms with Gasteiger partial charge in [0, 0.05) is 24.3 Å². The molecule has 3 aliphatic rings. The highest BCUT2D eigenvalue weighted by Gasteiger charge is 2.59. The Kier molecular flexibility index (Phi) is 27.6. The third-order valence-corrected chi connectivity index (χ3v) is 15.4. The molecule has 36 nitrogen and oxygen atoms in total. The van der Waals surface area contributed by atoms with Crippen LogP contribution in [0.5, 0.6) is 0 Å². The van der Waals surface area contributed by atoms with Crippen LogP contribution in [0.15, 0.2) is 79.7 Å². The molecule has 1 aromatic rings. The largest absolute Gasteiger partial charge is 0.503 e. The maximum Gasteiger partial charge on any atom is 0.412 e. The first-order chi connectivity index (χ1) is 41.8. The molecule has 0 aliphatic carbocycles. The van der Waals surface area contributed by atoms with E-state index in [1.807, 2.05) is 0 Å². The minimum Gasteiger partial charge on any atom is -0.503 e. The topological polar surface area (TPSA) is 641 Å². The van der Waals surface area contributed by atoms with Gasteiger partial charge in [-0.1, -0.05) is 18.2 Å². The lowest BCUT2D eigenvalue weighted by Crippen LogP contribution is -2.80. The summed E-state index contributed by atoms with van der Waals surface area (Å²) in [6, 6.07) is -0.911. The number of nitrogens with one attached hydrogen (secondary N) is 3. The molecule has 0 saturated heterocycles. The average Bonchev–Trinajstić information content (AvgIpc) is 0.747. The number of rotatable bonds is 35. The lowest BCUT2D eigenvalue weighted by Gasteiger charge is -2.55. The van der Waals surface area contributed by atoms with Crippen molar-refractivity contribution in [3.8, 4) is 0 Å². The number of carbonyl (C=O) groups excluding carboxylic acids is 3. The van der Waals surface area contributed by atoms with Crippen LogP contribution in [0.1, 0.15) is 57.8 Å². The number of allylic oxidation sites excluding steroid dienone is 6. The molecule has 89 heavy (non-hydrogen) atoms. The molecule has 18 unspecified atom stereocenters. The highest BCUT2D eigenvalue weighted by Crippen LogP contribution is 2.42. The number of aliphatic hydroxyl groups excluding tert-OH is 18. The van der Waals surface area contributed by atoms with E-state index in [1.54, 1.807) is 0 Å². The summed E-state index contributed by atoms with van der Waals surface area (Å²) in [6.45, 7) is -3.18. The molecule has 3 aliphatic heterocycles. The van der Waals surface area contributed by atoms with Crippen LogP contribution in [-0.2, 0) is 14.4 Å². The van der Waals surface area contributed by atoms with Gasteiger partial charge in [-0.25, -0.2) is 19.2 Å². The Balaban J connectivity index is 1.99. The van der Waals surface area contributed by atoms with Crippen molar-refractivity contribution < 1.29 is 146 Å². The number of hydrogen-bond donors (Lipinski definition) is 25. The zero-order valence-electron chi connectivity index (χ0n) is 47.0. The number of aliphatic hydroxyl groups is 18. The zero-order chi connectivity index (χ0) is 66.9. The van der Waals surface area contributed by atoms with Gasteiger partial charge < -0.3 is 128 Å². The van der Waals surface area contributed by atoms with Gasteiger partial charge in [-0.3, -0.25) is 34.3 Å². The van der Waals surface area contributed by atoms with Gasteiger partial charge in [0.05, 0.1) is 91.1 Å². The third kappa shape index (κ3) is 18.3. The predicted molar refractivity (Wildman–Crippen MR) is 299 cm³/mol. The molecule has 25 N–H and O–H groups in total. The van der Waals surface area contributed by atoms with Crippen LogP contribution in [-0.4, -0.2) is 289 Å². The van der Waals surface area contributed by atoms with Gasteiger partial charge in [-0.2, -0.15) is 0 Å². The molecule has 0 bridgehead atoms. The molecule has 18 atom stereocenters. The van der Waals surface area contributed by atoms with E-state index >= 15 is 0 Å². The van der Waals surface area contributed by atoms with E-state index in [-0.39, 0.29) is 0 Å². The van der Waals surface area contributed by atoms with Crippen molar-refractivity contribution in [2.45, 2.75) is 155 Å². The molecule has 0 aromatic heterocycles. The second-order valence-electron chi connectivity index (χ2n) is 21.2. The van der Waals surface area contributed by atoms with Crippen molar-refractivity contribution in [3.05, 3.63) is 64.7 Å². The highest BCUT2D eigenvalue weighted by molar-refractivity contribution is 6.08. The molecule has 3 heterocycles. The monoisotopic (exact) mass is 1270 g/mol. The molecule has 4 amide bonds. The summed E-state index contributed by atoms with van der Waals surface area (Å²) in [7, 11) is 0. The number of ketones is 3. The van der Waals surface area contributed by atoms with E-state index in [9.17, 15) is 146 Å². The second kappa shape index (κ2) is 33.2. The minimum atomic E-state index is -3.13. The molecule has 1 aromatic carbocycles. The SMILES string of the molecule is O=C(O)NC(CCC1=C(O)C(=O)C(CC(O)C(O)C(O)C(O)CO)C=N1)C(C(CCC1=C(O)C(=O)C(CC(O)C(O)C(O)C(O)CO)C=N1)NC(=O)O)(C(CCC1=C(O)C(=O)C(CC(O)C(O)C(O)C(O)CO)C=N1)NC(=O)O)N(C(=O)O)c1ccccc1. The molecule has 0 saturated carbocycles. The summed E-state index contributed by atoms with van der Waals surface area (Å²) in [5.74, 6) is -12.1. The molecular formula is C53H75N7O29. The summed E-state index contributed by atoms with van der Waals surface area (Å²) in [5, 5.41) is 234. The third-order valence-electron chi connectivity index (χ3n) is 15.4. The lowest BCUT2D eigenvalue weighted by atomic mass is 9.69. The van der Waals surface area contributed by atoms with Crippen molar-refractivity contribution >= 4 is 66.1 Å².